The number of hydrogen-bond donors (Lipinski definition) is 1. The third kappa shape index (κ3) is 5.13. The molecule has 0 radical (unpaired) electrons. The minimum Gasteiger partial charge on any atom is -0.454 e. The second-order valence-electron chi connectivity index (χ2n) is 6.61. The highest BCUT2D eigenvalue weighted by molar-refractivity contribution is 6.00. The molecular formula is C21H20N4O4. The van der Waals surface area contributed by atoms with Crippen molar-refractivity contribution in [2.45, 2.75) is 13.8 Å². The van der Waals surface area contributed by atoms with Gasteiger partial charge in [-0.1, -0.05) is 13.8 Å². The van der Waals surface area contributed by atoms with Crippen LogP contribution in [0, 0.1) is 5.92 Å². The number of rotatable bonds is 7. The molecule has 1 amide bonds. The molecule has 0 saturated heterocycles. The summed E-state index contributed by atoms with van der Waals surface area (Å²) in [6.07, 6.45) is 2.96. The topological polar surface area (TPSA) is 103 Å². The van der Waals surface area contributed by atoms with Gasteiger partial charge in [-0.2, -0.15) is 5.10 Å². The molecule has 0 unspecified atom stereocenters. The fraction of sp³-hybridized carbons (Fsp3) is 0.190. The number of carbonyl (C=O) groups excluding carboxylic acids is 3. The molecule has 1 heterocycles. The lowest BCUT2D eigenvalue weighted by atomic mass is 10.1. The average molecular weight is 392 g/mol. The minimum absolute atomic E-state index is 0.104. The zero-order chi connectivity index (χ0) is 20.8. The van der Waals surface area contributed by atoms with Gasteiger partial charge in [-0.25, -0.2) is 14.5 Å². The number of ketones is 1. The molecule has 2 aromatic carbocycles. The molecular weight excluding hydrogens is 372 g/mol. The molecule has 1 aromatic heterocycles. The Hall–Kier alpha value is -3.81. The van der Waals surface area contributed by atoms with Crippen LogP contribution in [0.2, 0.25) is 0 Å². The number of esters is 1. The first-order valence-electron chi connectivity index (χ1n) is 9.00. The van der Waals surface area contributed by atoms with E-state index < -0.39 is 5.97 Å². The van der Waals surface area contributed by atoms with Crippen molar-refractivity contribution in [1.82, 2.24) is 14.8 Å². The first-order chi connectivity index (χ1) is 13.9. The monoisotopic (exact) mass is 392 g/mol. The van der Waals surface area contributed by atoms with Crippen molar-refractivity contribution in [3.63, 3.8) is 0 Å². The number of aromatic nitrogens is 3. The second-order valence-corrected chi connectivity index (χ2v) is 6.61. The maximum atomic E-state index is 12.2. The maximum Gasteiger partial charge on any atom is 0.338 e. The van der Waals surface area contributed by atoms with Crippen molar-refractivity contribution in [3.05, 3.63) is 72.3 Å². The summed E-state index contributed by atoms with van der Waals surface area (Å²) >= 11 is 0. The molecule has 0 aliphatic carbocycles. The Labute approximate surface area is 167 Å². The SMILES string of the molecule is CC(C)C(=O)Nc1ccc(C(=O)COC(=O)c2ccc(-n3cncn3)cc2)cc1. The number of benzene rings is 2. The quantitative estimate of drug-likeness (QED) is 0.490. The molecule has 0 aliphatic heterocycles. The maximum absolute atomic E-state index is 12.2. The Morgan fingerprint density at radius 1 is 1.00 bits per heavy atom. The lowest BCUT2D eigenvalue weighted by Crippen LogP contribution is -2.18. The van der Waals surface area contributed by atoms with Gasteiger partial charge >= 0.3 is 5.97 Å². The van der Waals surface area contributed by atoms with Gasteiger partial charge in [-0.3, -0.25) is 9.59 Å². The Balaban J connectivity index is 1.54. The van der Waals surface area contributed by atoms with Crippen LogP contribution in [-0.2, 0) is 9.53 Å². The zero-order valence-electron chi connectivity index (χ0n) is 16.0. The van der Waals surface area contributed by atoms with E-state index >= 15 is 0 Å². The number of amides is 1. The van der Waals surface area contributed by atoms with Gasteiger partial charge < -0.3 is 10.1 Å². The van der Waals surface area contributed by atoms with Gasteiger partial charge in [0.1, 0.15) is 12.7 Å². The van der Waals surface area contributed by atoms with Crippen LogP contribution in [0.5, 0.6) is 0 Å². The molecule has 8 nitrogen and oxygen atoms in total. The summed E-state index contributed by atoms with van der Waals surface area (Å²) in [6, 6.07) is 13.0. The largest absolute Gasteiger partial charge is 0.454 e. The standard InChI is InChI=1S/C21H20N4O4/c1-14(2)20(27)24-17-7-3-15(4-8-17)19(26)11-29-21(28)16-5-9-18(10-6-16)25-13-22-12-23-25/h3-10,12-14H,11H2,1-2H3,(H,24,27). The lowest BCUT2D eigenvalue weighted by Gasteiger charge is -2.09. The minimum atomic E-state index is -0.593. The zero-order valence-corrected chi connectivity index (χ0v) is 16.0. The Bertz CT molecular complexity index is 994. The molecule has 0 bridgehead atoms. The van der Waals surface area contributed by atoms with Crippen molar-refractivity contribution in [3.8, 4) is 5.69 Å². The number of nitrogens with zero attached hydrogens (tertiary/aromatic N) is 3. The fourth-order valence-electron chi connectivity index (χ4n) is 2.42. The molecule has 0 spiro atoms. The number of anilines is 1. The van der Waals surface area contributed by atoms with Crippen molar-refractivity contribution >= 4 is 23.3 Å². The average Bonchev–Trinajstić information content (AvgIpc) is 3.27. The van der Waals surface area contributed by atoms with Gasteiger partial charge in [0, 0.05) is 17.2 Å². The normalized spacial score (nSPS) is 10.6. The summed E-state index contributed by atoms with van der Waals surface area (Å²) in [5, 5.41) is 6.75. The van der Waals surface area contributed by atoms with Crippen LogP contribution in [0.25, 0.3) is 5.69 Å². The molecule has 0 fully saturated rings. The smallest absolute Gasteiger partial charge is 0.338 e. The van der Waals surface area contributed by atoms with Crippen molar-refractivity contribution < 1.29 is 19.1 Å². The van der Waals surface area contributed by atoms with Crippen LogP contribution >= 0.6 is 0 Å². The van der Waals surface area contributed by atoms with Crippen LogP contribution in [0.3, 0.4) is 0 Å². The van der Waals surface area contributed by atoms with Crippen LogP contribution in [0.1, 0.15) is 34.6 Å². The van der Waals surface area contributed by atoms with E-state index in [1.807, 2.05) is 0 Å². The van der Waals surface area contributed by atoms with Crippen LogP contribution < -0.4 is 5.32 Å². The van der Waals surface area contributed by atoms with Gasteiger partial charge in [0.2, 0.25) is 5.91 Å². The lowest BCUT2D eigenvalue weighted by molar-refractivity contribution is -0.118. The van der Waals surface area contributed by atoms with E-state index in [1.165, 1.54) is 6.33 Å². The summed E-state index contributed by atoms with van der Waals surface area (Å²) in [6.45, 7) is 3.22. The third-order valence-corrected chi connectivity index (χ3v) is 4.12. The number of hydrogen-bond acceptors (Lipinski definition) is 6. The van der Waals surface area contributed by atoms with Crippen molar-refractivity contribution in [2.75, 3.05) is 11.9 Å². The van der Waals surface area contributed by atoms with Crippen LogP contribution in [0.4, 0.5) is 5.69 Å². The number of ether oxygens (including phenoxy) is 1. The summed E-state index contributed by atoms with van der Waals surface area (Å²) < 4.78 is 6.67. The molecule has 0 aliphatic rings. The highest BCUT2D eigenvalue weighted by atomic mass is 16.5. The van der Waals surface area contributed by atoms with Crippen molar-refractivity contribution in [1.29, 1.82) is 0 Å². The molecule has 1 N–H and O–H groups in total. The Morgan fingerprint density at radius 2 is 1.66 bits per heavy atom. The van der Waals surface area contributed by atoms with Crippen molar-refractivity contribution in [2.24, 2.45) is 5.92 Å². The molecule has 3 aromatic rings. The molecule has 0 saturated carbocycles. The van der Waals surface area contributed by atoms with Gasteiger partial charge in [0.25, 0.3) is 0 Å². The number of nitrogens with one attached hydrogen (secondary N) is 1. The van der Waals surface area contributed by atoms with Gasteiger partial charge in [-0.05, 0) is 48.5 Å². The highest BCUT2D eigenvalue weighted by Crippen LogP contribution is 2.13. The summed E-state index contributed by atoms with van der Waals surface area (Å²) in [5.41, 5.74) is 2.07. The predicted octanol–water partition coefficient (Wildman–Crippen LogP) is 2.90. The van der Waals surface area contributed by atoms with E-state index in [0.717, 1.165) is 5.69 Å². The third-order valence-electron chi connectivity index (χ3n) is 4.12. The summed E-state index contributed by atoms with van der Waals surface area (Å²) in [5.74, 6) is -1.17. The van der Waals surface area contributed by atoms with Crippen LogP contribution in [0.15, 0.2) is 61.2 Å². The van der Waals surface area contributed by atoms with Gasteiger partial charge in [-0.15, -0.1) is 0 Å². The number of Topliss-reactive ketones (excluding diaryl/α,β-unsaturated/α-hetero) is 1. The molecule has 29 heavy (non-hydrogen) atoms. The van der Waals surface area contributed by atoms with Crippen LogP contribution in [-0.4, -0.2) is 39.0 Å². The molecule has 8 heteroatoms. The first kappa shape index (κ1) is 19.9. The van der Waals surface area contributed by atoms with E-state index in [-0.39, 0.29) is 24.2 Å². The molecule has 3 rings (SSSR count). The fourth-order valence-corrected chi connectivity index (χ4v) is 2.42. The van der Waals surface area contributed by atoms with E-state index in [1.54, 1.807) is 73.4 Å². The van der Waals surface area contributed by atoms with Gasteiger partial charge in [0.05, 0.1) is 11.3 Å². The number of carbonyl (C=O) groups is 3. The molecule has 148 valence electrons. The summed E-state index contributed by atoms with van der Waals surface area (Å²) in [7, 11) is 0. The van der Waals surface area contributed by atoms with E-state index in [4.69, 9.17) is 4.74 Å². The van der Waals surface area contributed by atoms with E-state index in [9.17, 15) is 14.4 Å². The van der Waals surface area contributed by atoms with E-state index in [0.29, 0.717) is 16.8 Å². The Kier molecular flexibility index (Phi) is 6.13. The van der Waals surface area contributed by atoms with E-state index in [2.05, 4.69) is 15.4 Å². The summed E-state index contributed by atoms with van der Waals surface area (Å²) in [4.78, 5) is 40.0. The Morgan fingerprint density at radius 3 is 2.24 bits per heavy atom. The van der Waals surface area contributed by atoms with Gasteiger partial charge in [0.15, 0.2) is 12.4 Å². The highest BCUT2D eigenvalue weighted by Gasteiger charge is 2.13. The predicted molar refractivity (Wildman–Crippen MR) is 106 cm³/mol. The second kappa shape index (κ2) is 8.92. The molecule has 0 atom stereocenters. The first-order valence-corrected chi connectivity index (χ1v) is 9.00.